The Hall–Kier alpha value is -3.16. The third kappa shape index (κ3) is 8.94. The number of nitrogens with one attached hydrogen (secondary N) is 1. The monoisotopic (exact) mass is 540 g/mol. The van der Waals surface area contributed by atoms with Gasteiger partial charge >= 0.3 is 11.9 Å². The minimum atomic E-state index is -0.685. The average Bonchev–Trinajstić information content (AvgIpc) is 3.54. The molecule has 1 saturated carbocycles. The minimum Gasteiger partial charge on any atom is -0.466 e. The number of benzene rings is 1. The molecule has 0 aliphatic heterocycles. The van der Waals surface area contributed by atoms with E-state index >= 15 is 0 Å². The summed E-state index contributed by atoms with van der Waals surface area (Å²) in [5.41, 5.74) is -0.376. The highest BCUT2D eigenvalue weighted by molar-refractivity contribution is 5.85. The van der Waals surface area contributed by atoms with Crippen LogP contribution in [0.5, 0.6) is 0 Å². The maximum absolute atomic E-state index is 13.9. The van der Waals surface area contributed by atoms with Crippen molar-refractivity contribution in [3.8, 4) is 11.3 Å². The maximum Gasteiger partial charge on any atom is 0.309 e. The van der Waals surface area contributed by atoms with E-state index in [9.17, 15) is 14.4 Å². The lowest BCUT2D eigenvalue weighted by atomic mass is 9.75. The number of esters is 2. The van der Waals surface area contributed by atoms with Crippen LogP contribution in [0.1, 0.15) is 91.9 Å². The van der Waals surface area contributed by atoms with Gasteiger partial charge in [0, 0.05) is 18.0 Å². The highest BCUT2D eigenvalue weighted by Crippen LogP contribution is 2.45. The topological polar surface area (TPSA) is 108 Å². The van der Waals surface area contributed by atoms with Crippen molar-refractivity contribution in [1.82, 2.24) is 10.3 Å². The van der Waals surface area contributed by atoms with Gasteiger partial charge in [-0.05, 0) is 53.4 Å². The Labute approximate surface area is 232 Å². The van der Waals surface area contributed by atoms with Crippen molar-refractivity contribution >= 4 is 17.8 Å². The van der Waals surface area contributed by atoms with Gasteiger partial charge in [0.1, 0.15) is 5.60 Å². The summed E-state index contributed by atoms with van der Waals surface area (Å²) in [7, 11) is 0. The molecule has 1 N–H and O–H groups in total. The van der Waals surface area contributed by atoms with Gasteiger partial charge in [-0.2, -0.15) is 0 Å². The van der Waals surface area contributed by atoms with Gasteiger partial charge in [0.15, 0.2) is 11.7 Å². The zero-order valence-corrected chi connectivity index (χ0v) is 24.1. The molecule has 1 aliphatic rings. The number of rotatable bonds is 13. The number of carbonyl (C=O) groups excluding carboxylic acids is 3. The van der Waals surface area contributed by atoms with Crippen LogP contribution in [-0.2, 0) is 30.3 Å². The third-order valence-electron chi connectivity index (χ3n) is 7.14. The Morgan fingerprint density at radius 1 is 1.10 bits per heavy atom. The first-order valence-electron chi connectivity index (χ1n) is 14.2. The second kappa shape index (κ2) is 13.8. The van der Waals surface area contributed by atoms with Gasteiger partial charge in [0.25, 0.3) is 0 Å². The van der Waals surface area contributed by atoms with Gasteiger partial charge < -0.3 is 19.2 Å². The van der Waals surface area contributed by atoms with Crippen molar-refractivity contribution in [3.63, 3.8) is 0 Å². The van der Waals surface area contributed by atoms with E-state index in [1.54, 1.807) is 13.1 Å². The van der Waals surface area contributed by atoms with Crippen LogP contribution in [0.25, 0.3) is 11.3 Å². The Morgan fingerprint density at radius 3 is 2.41 bits per heavy atom. The van der Waals surface area contributed by atoms with E-state index in [4.69, 9.17) is 13.9 Å². The van der Waals surface area contributed by atoms with Crippen LogP contribution in [-0.4, -0.2) is 41.1 Å². The van der Waals surface area contributed by atoms with E-state index in [0.717, 1.165) is 24.8 Å². The SMILES string of the molecule is CCC[C@H](CC1(C(=O)N[C@H](CC(=O)OCC)Cc2ncc(-c3ccccc3)o2)CCCC1)C(=O)OC(C)(C)C. The molecule has 1 amide bonds. The molecule has 2 aromatic rings. The summed E-state index contributed by atoms with van der Waals surface area (Å²) in [4.78, 5) is 43.8. The van der Waals surface area contributed by atoms with Crippen molar-refractivity contribution in [2.75, 3.05) is 6.61 Å². The molecule has 0 saturated heterocycles. The first-order valence-corrected chi connectivity index (χ1v) is 14.2. The number of ether oxygens (including phenoxy) is 2. The van der Waals surface area contributed by atoms with Crippen molar-refractivity contribution in [1.29, 1.82) is 0 Å². The van der Waals surface area contributed by atoms with Crippen LogP contribution in [0.2, 0.25) is 0 Å². The van der Waals surface area contributed by atoms with E-state index in [2.05, 4.69) is 10.3 Å². The van der Waals surface area contributed by atoms with Crippen LogP contribution >= 0.6 is 0 Å². The fourth-order valence-corrected chi connectivity index (χ4v) is 5.37. The Bertz CT molecular complexity index is 1080. The molecule has 39 heavy (non-hydrogen) atoms. The molecular formula is C31H44N2O6. The van der Waals surface area contributed by atoms with Crippen LogP contribution in [0.3, 0.4) is 0 Å². The van der Waals surface area contributed by atoms with Crippen LogP contribution in [0, 0.1) is 11.3 Å². The molecule has 214 valence electrons. The predicted octanol–water partition coefficient (Wildman–Crippen LogP) is 6.03. The van der Waals surface area contributed by atoms with E-state index in [0.29, 0.717) is 37.3 Å². The largest absolute Gasteiger partial charge is 0.466 e. The highest BCUT2D eigenvalue weighted by atomic mass is 16.6. The molecule has 0 radical (unpaired) electrons. The molecule has 0 bridgehead atoms. The predicted molar refractivity (Wildman–Crippen MR) is 149 cm³/mol. The second-order valence-electron chi connectivity index (χ2n) is 11.6. The van der Waals surface area contributed by atoms with Gasteiger partial charge in [-0.3, -0.25) is 14.4 Å². The fourth-order valence-electron chi connectivity index (χ4n) is 5.37. The summed E-state index contributed by atoms with van der Waals surface area (Å²) in [6.07, 6.45) is 7.06. The van der Waals surface area contributed by atoms with Crippen LogP contribution in [0.4, 0.5) is 0 Å². The number of nitrogens with zero attached hydrogens (tertiary/aromatic N) is 1. The molecule has 2 atom stereocenters. The van der Waals surface area contributed by atoms with E-state index in [1.165, 1.54) is 0 Å². The Morgan fingerprint density at radius 2 is 1.79 bits per heavy atom. The second-order valence-corrected chi connectivity index (χ2v) is 11.6. The summed E-state index contributed by atoms with van der Waals surface area (Å²) in [5, 5.41) is 3.13. The van der Waals surface area contributed by atoms with Gasteiger partial charge in [-0.15, -0.1) is 0 Å². The summed E-state index contributed by atoms with van der Waals surface area (Å²) in [6, 6.07) is 9.09. The molecule has 0 spiro atoms. The average molecular weight is 541 g/mol. The van der Waals surface area contributed by atoms with Crippen molar-refractivity contribution in [3.05, 3.63) is 42.4 Å². The standard InChI is InChI=1S/C31H44N2O6/c1-6-13-23(28(35)39-30(3,4)5)20-31(16-11-12-17-31)29(36)33-24(19-27(34)37-7-2)18-26-32-21-25(38-26)22-14-9-8-10-15-22/h8-10,14-15,21,23-24H,6-7,11-13,16-20H2,1-5H3,(H,33,36)/t23-,24+/m1/s1. The van der Waals surface area contributed by atoms with Crippen LogP contribution in [0.15, 0.2) is 40.9 Å². The van der Waals surface area contributed by atoms with E-state index in [-0.39, 0.29) is 37.2 Å². The van der Waals surface area contributed by atoms with Crippen molar-refractivity contribution < 1.29 is 28.3 Å². The van der Waals surface area contributed by atoms with Crippen LogP contribution < -0.4 is 5.32 Å². The van der Waals surface area contributed by atoms with Gasteiger partial charge in [0.05, 0.1) is 30.6 Å². The first kappa shape index (κ1) is 30.4. The molecule has 0 unspecified atom stereocenters. The fraction of sp³-hybridized carbons (Fsp3) is 0.613. The lowest BCUT2D eigenvalue weighted by Crippen LogP contribution is -2.47. The van der Waals surface area contributed by atoms with Gasteiger partial charge in [-0.1, -0.05) is 56.5 Å². The smallest absolute Gasteiger partial charge is 0.309 e. The third-order valence-corrected chi connectivity index (χ3v) is 7.14. The zero-order valence-electron chi connectivity index (χ0n) is 24.1. The maximum atomic E-state index is 13.9. The summed E-state index contributed by atoms with van der Waals surface area (Å²) in [6.45, 7) is 9.63. The lowest BCUT2D eigenvalue weighted by Gasteiger charge is -2.33. The van der Waals surface area contributed by atoms with Crippen molar-refractivity contribution in [2.45, 2.75) is 104 Å². The molecule has 1 heterocycles. The Balaban J connectivity index is 1.79. The number of aromatic nitrogens is 1. The molecule has 1 aromatic carbocycles. The summed E-state index contributed by atoms with van der Waals surface area (Å²) >= 11 is 0. The zero-order chi connectivity index (χ0) is 28.5. The molecule has 1 aliphatic carbocycles. The molecular weight excluding hydrogens is 496 g/mol. The molecule has 1 aromatic heterocycles. The number of amides is 1. The molecule has 8 nitrogen and oxygen atoms in total. The normalized spacial score (nSPS) is 16.3. The van der Waals surface area contributed by atoms with Gasteiger partial charge in [0.2, 0.25) is 5.91 Å². The minimum absolute atomic E-state index is 0.00314. The van der Waals surface area contributed by atoms with Gasteiger partial charge in [-0.25, -0.2) is 4.98 Å². The van der Waals surface area contributed by atoms with E-state index < -0.39 is 23.0 Å². The number of hydrogen-bond acceptors (Lipinski definition) is 7. The van der Waals surface area contributed by atoms with Crippen molar-refractivity contribution in [2.24, 2.45) is 11.3 Å². The molecule has 1 fully saturated rings. The number of hydrogen-bond donors (Lipinski definition) is 1. The van der Waals surface area contributed by atoms with E-state index in [1.807, 2.05) is 58.0 Å². The Kier molecular flexibility index (Phi) is 10.7. The number of oxazole rings is 1. The quantitative estimate of drug-likeness (QED) is 0.309. The summed E-state index contributed by atoms with van der Waals surface area (Å²) < 4.78 is 16.9. The summed E-state index contributed by atoms with van der Waals surface area (Å²) in [5.74, 6) is -0.0774. The first-order chi connectivity index (χ1) is 18.5. The lowest BCUT2D eigenvalue weighted by molar-refractivity contribution is -0.162. The molecule has 3 rings (SSSR count). The number of carbonyl (C=O) groups is 3. The highest BCUT2D eigenvalue weighted by Gasteiger charge is 2.45. The molecule has 8 heteroatoms.